The number of likely N-dealkylation sites (tertiary alicyclic amines) is 2. The number of nitrogens with two attached hydrogens (primary N) is 1. The predicted octanol–water partition coefficient (Wildman–Crippen LogP) is 7.80. The quantitative estimate of drug-likeness (QED) is 0.107. The highest BCUT2D eigenvalue weighted by Gasteiger charge is 2.50. The number of piperidine rings is 3. The van der Waals surface area contributed by atoms with Crippen LogP contribution in [0.2, 0.25) is 5.02 Å². The number of halogens is 3. The van der Waals surface area contributed by atoms with E-state index >= 15 is 8.78 Å². The summed E-state index contributed by atoms with van der Waals surface area (Å²) in [7, 11) is 3.22. The third kappa shape index (κ3) is 9.07. The van der Waals surface area contributed by atoms with E-state index in [1.807, 2.05) is 49.0 Å². The second-order valence-electron chi connectivity index (χ2n) is 19.9. The maximum atomic E-state index is 16.2. The van der Waals surface area contributed by atoms with Crippen LogP contribution in [0.3, 0.4) is 0 Å². The Hall–Kier alpha value is -5.81. The molecule has 5 aromatic rings. The van der Waals surface area contributed by atoms with Gasteiger partial charge in [0.1, 0.15) is 11.6 Å². The molecule has 0 bridgehead atoms. The molecule has 1 aromatic heterocycles. The summed E-state index contributed by atoms with van der Waals surface area (Å²) in [6.07, 6.45) is 6.94. The molecule has 5 aliphatic heterocycles. The topological polar surface area (TPSA) is 151 Å². The van der Waals surface area contributed by atoms with E-state index < -0.39 is 35.1 Å². The zero-order chi connectivity index (χ0) is 48.8. The third-order valence-electron chi connectivity index (χ3n) is 15.8. The van der Waals surface area contributed by atoms with Crippen molar-refractivity contribution < 1.29 is 32.6 Å². The Kier molecular flexibility index (Phi) is 13.5. The van der Waals surface area contributed by atoms with Crippen LogP contribution in [0.4, 0.5) is 25.1 Å². The fourth-order valence-corrected chi connectivity index (χ4v) is 12.1. The predicted molar refractivity (Wildman–Crippen MR) is 267 cm³/mol. The van der Waals surface area contributed by atoms with E-state index in [1.54, 1.807) is 4.90 Å². The van der Waals surface area contributed by atoms with Gasteiger partial charge in [-0.3, -0.25) is 24.5 Å². The van der Waals surface area contributed by atoms with Crippen LogP contribution in [0.5, 0.6) is 11.5 Å². The Bertz CT molecular complexity index is 2790. The molecule has 2 unspecified atom stereocenters. The molecule has 0 radical (unpaired) electrons. The van der Waals surface area contributed by atoms with Crippen LogP contribution in [0.1, 0.15) is 79.3 Å². The lowest BCUT2D eigenvalue weighted by Crippen LogP contribution is -2.51. The normalized spacial score (nSPS) is 22.1. The monoisotopic (exact) mass is 977 g/mol. The molecule has 4 saturated heterocycles. The van der Waals surface area contributed by atoms with Gasteiger partial charge in [-0.1, -0.05) is 48.9 Å². The summed E-state index contributed by atoms with van der Waals surface area (Å²) in [5.41, 5.74) is 7.96. The smallest absolute Gasteiger partial charge is 0.329 e. The van der Waals surface area contributed by atoms with Gasteiger partial charge in [0.15, 0.2) is 23.0 Å². The highest BCUT2D eigenvalue weighted by Crippen LogP contribution is 2.56. The van der Waals surface area contributed by atoms with Crippen molar-refractivity contribution in [3.05, 3.63) is 100 Å². The molecule has 17 heteroatoms. The van der Waals surface area contributed by atoms with Crippen molar-refractivity contribution in [2.45, 2.75) is 69.4 Å². The van der Waals surface area contributed by atoms with Crippen LogP contribution in [-0.4, -0.2) is 116 Å². The minimum absolute atomic E-state index is 0.0355. The van der Waals surface area contributed by atoms with Crippen LogP contribution >= 0.6 is 11.6 Å². The first-order valence-corrected chi connectivity index (χ1v) is 25.1. The van der Waals surface area contributed by atoms with E-state index in [0.29, 0.717) is 36.3 Å². The molecule has 14 nitrogen and oxygen atoms in total. The number of benzene rings is 4. The minimum atomic E-state index is -0.999. The molecule has 4 N–H and O–H groups in total. The number of primary amides is 1. The van der Waals surface area contributed by atoms with Crippen molar-refractivity contribution in [1.29, 1.82) is 0 Å². The van der Waals surface area contributed by atoms with Crippen molar-refractivity contribution in [1.82, 2.24) is 30.2 Å². The number of rotatable bonds is 13. The molecule has 2 atom stereocenters. The highest BCUT2D eigenvalue weighted by molar-refractivity contribution is 6.34. The molecule has 0 aliphatic carbocycles. The summed E-state index contributed by atoms with van der Waals surface area (Å²) in [6, 6.07) is 19.9. The van der Waals surface area contributed by atoms with Gasteiger partial charge in [-0.05, 0) is 112 Å². The van der Waals surface area contributed by atoms with E-state index in [0.717, 1.165) is 94.5 Å². The molecular weight excluding hydrogens is 916 g/mol. The van der Waals surface area contributed by atoms with E-state index in [4.69, 9.17) is 26.8 Å². The molecule has 10 rings (SSSR count). The number of aromatic nitrogens is 2. The Morgan fingerprint density at radius 2 is 1.57 bits per heavy atom. The van der Waals surface area contributed by atoms with Gasteiger partial charge in [-0.25, -0.2) is 13.6 Å². The zero-order valence-electron chi connectivity index (χ0n) is 40.1. The first-order chi connectivity index (χ1) is 33.8. The number of carbonyl (C=O) groups is 3. The minimum Gasteiger partial charge on any atom is -0.494 e. The van der Waals surface area contributed by atoms with Crippen molar-refractivity contribution in [3.63, 3.8) is 0 Å². The second kappa shape index (κ2) is 19.8. The number of methoxy groups -OCH3 is 1. The van der Waals surface area contributed by atoms with E-state index in [9.17, 15) is 14.4 Å². The molecule has 0 spiro atoms. The molecule has 70 heavy (non-hydrogen) atoms. The van der Waals surface area contributed by atoms with Gasteiger partial charge in [0.05, 0.1) is 23.2 Å². The van der Waals surface area contributed by atoms with Gasteiger partial charge in [0.2, 0.25) is 11.8 Å². The van der Waals surface area contributed by atoms with Gasteiger partial charge in [0.25, 0.3) is 0 Å². The average Bonchev–Trinajstić information content (AvgIpc) is 3.84. The largest absolute Gasteiger partial charge is 0.494 e. The number of nitrogens with zero attached hydrogens (tertiary/aromatic N) is 6. The lowest BCUT2D eigenvalue weighted by Gasteiger charge is -2.41. The van der Waals surface area contributed by atoms with Gasteiger partial charge >= 0.3 is 6.03 Å². The molecule has 4 fully saturated rings. The van der Waals surface area contributed by atoms with Gasteiger partial charge in [-0.15, -0.1) is 0 Å². The Labute approximate surface area is 412 Å². The van der Waals surface area contributed by atoms with Gasteiger partial charge < -0.3 is 35.2 Å². The zero-order valence-corrected chi connectivity index (χ0v) is 40.9. The Morgan fingerprint density at radius 3 is 2.23 bits per heavy atom. The molecule has 5 aliphatic rings. The number of hydrogen-bond donors (Lipinski definition) is 3. The molecule has 4 aromatic carbocycles. The summed E-state index contributed by atoms with van der Waals surface area (Å²) in [6.45, 7) is 11.2. The third-order valence-corrected chi connectivity index (χ3v) is 16.2. The van der Waals surface area contributed by atoms with E-state index in [1.165, 1.54) is 43.8 Å². The number of imide groups is 1. The lowest BCUT2D eigenvalue weighted by atomic mass is 9.77. The number of ether oxygens (including phenoxy) is 2. The number of aryl methyl sites for hydroxylation is 1. The number of anilines is 2. The molecule has 0 saturated carbocycles. The summed E-state index contributed by atoms with van der Waals surface area (Å²) in [5.74, 6) is -1.20. The molecule has 4 amide bonds. The standard InChI is InChI=1S/C53H62ClF2N9O5/c1-32-45-43(28-40(55)48(54)47(45)46-39(50(57)67)11-12-42(69-3)49(46)56)70-53(32,35-7-5-4-6-8-35)31-58-36-17-22-63(23-18-36)29-33-13-20-62(21-14-33)30-34-15-24-64(25-16-34)37-9-10-38-41(27-37)61(2)60-51(38)65-26-19-44(66)59-52(65)68/h4-12,27-28,32-34,36,58H,13-26,29-31H2,1-3H3,(H2,57,67)(H,59,66,68). The highest BCUT2D eigenvalue weighted by atomic mass is 35.5. The maximum absolute atomic E-state index is 16.2. The summed E-state index contributed by atoms with van der Waals surface area (Å²) < 4.78 is 45.9. The first kappa shape index (κ1) is 47.8. The van der Waals surface area contributed by atoms with Gasteiger partial charge in [0, 0.05) is 98.5 Å². The molecular formula is C53H62ClF2N9O5. The molecule has 6 heterocycles. The van der Waals surface area contributed by atoms with Crippen molar-refractivity contribution in [2.75, 3.05) is 82.4 Å². The number of urea groups is 1. The Morgan fingerprint density at radius 1 is 0.900 bits per heavy atom. The Balaban J connectivity index is 0.714. The maximum Gasteiger partial charge on any atom is 0.329 e. The summed E-state index contributed by atoms with van der Waals surface area (Å²) >= 11 is 6.72. The number of nitrogens with one attached hydrogen (secondary N) is 2. The van der Waals surface area contributed by atoms with Crippen LogP contribution < -0.4 is 35.6 Å². The van der Waals surface area contributed by atoms with E-state index in [-0.39, 0.29) is 51.6 Å². The number of carbonyl (C=O) groups excluding carboxylic acids is 3. The number of hydrogen-bond acceptors (Lipinski definition) is 10. The number of fused-ring (bicyclic) bond motifs is 2. The van der Waals surface area contributed by atoms with Crippen molar-refractivity contribution in [2.24, 2.45) is 24.6 Å². The first-order valence-electron chi connectivity index (χ1n) is 24.8. The average molecular weight is 979 g/mol. The number of amides is 4. The fourth-order valence-electron chi connectivity index (χ4n) is 11.8. The second-order valence-corrected chi connectivity index (χ2v) is 20.3. The fraction of sp³-hybridized carbons (Fsp3) is 0.472. The van der Waals surface area contributed by atoms with Crippen LogP contribution in [0.15, 0.2) is 66.7 Å². The van der Waals surface area contributed by atoms with Crippen LogP contribution in [0, 0.1) is 23.5 Å². The lowest BCUT2D eigenvalue weighted by molar-refractivity contribution is -0.120. The SMILES string of the molecule is COc1ccc(C(N)=O)c(-c2c(Cl)c(F)cc3c2C(C)C(CNC2CCN(CC4CCN(CC5CCN(c6ccc7c(N8CCC(=O)NC8=O)nn(C)c7c6)CC5)CC4)CC2)(c2ccccc2)O3)c1F. The van der Waals surface area contributed by atoms with Crippen LogP contribution in [-0.2, 0) is 17.4 Å². The van der Waals surface area contributed by atoms with Crippen LogP contribution in [0.25, 0.3) is 22.0 Å². The summed E-state index contributed by atoms with van der Waals surface area (Å²) in [4.78, 5) is 46.3. The van der Waals surface area contributed by atoms with Crippen molar-refractivity contribution >= 4 is 51.9 Å². The van der Waals surface area contributed by atoms with Crippen molar-refractivity contribution in [3.8, 4) is 22.6 Å². The molecule has 370 valence electrons. The van der Waals surface area contributed by atoms with E-state index in [2.05, 4.69) is 48.6 Å². The summed E-state index contributed by atoms with van der Waals surface area (Å²) in [5, 5.41) is 11.5. The van der Waals surface area contributed by atoms with Gasteiger partial charge in [-0.2, -0.15) is 5.10 Å².